The first-order valence-electron chi connectivity index (χ1n) is 4.80. The van der Waals surface area contributed by atoms with Crippen LogP contribution in [0.3, 0.4) is 0 Å². The van der Waals surface area contributed by atoms with E-state index in [9.17, 15) is 0 Å². The molecule has 1 atom stereocenters. The fraction of sp³-hybridized carbons (Fsp3) is 0.800. The van der Waals surface area contributed by atoms with Crippen LogP contribution in [0.2, 0.25) is 0 Å². The van der Waals surface area contributed by atoms with E-state index in [0.717, 1.165) is 25.6 Å². The highest BCUT2D eigenvalue weighted by atomic mass is 15.2. The van der Waals surface area contributed by atoms with E-state index in [1.165, 1.54) is 6.54 Å². The number of rotatable bonds is 3. The second-order valence-electron chi connectivity index (χ2n) is 3.85. The lowest BCUT2D eigenvalue weighted by molar-refractivity contribution is 0.190. The monoisotopic (exact) mass is 168 g/mol. The van der Waals surface area contributed by atoms with Gasteiger partial charge in [0.25, 0.3) is 0 Å². The summed E-state index contributed by atoms with van der Waals surface area (Å²) in [6.07, 6.45) is 1.99. The number of hydrogen-bond donors (Lipinski definition) is 1. The van der Waals surface area contributed by atoms with Gasteiger partial charge in [-0.25, -0.2) is 0 Å². The Labute approximate surface area is 75.6 Å². The molecule has 1 heterocycles. The van der Waals surface area contributed by atoms with E-state index in [2.05, 4.69) is 30.6 Å². The number of nitrogens with zero attached hydrogens (tertiary/aromatic N) is 1. The molecule has 1 aliphatic heterocycles. The van der Waals surface area contributed by atoms with Crippen molar-refractivity contribution in [3.63, 3.8) is 0 Å². The normalized spacial score (nSPS) is 26.1. The molecule has 70 valence electrons. The Morgan fingerprint density at radius 3 is 3.00 bits per heavy atom. The Balaban J connectivity index is 2.34. The van der Waals surface area contributed by atoms with Crippen molar-refractivity contribution in [3.8, 4) is 0 Å². The molecular weight excluding hydrogens is 148 g/mol. The van der Waals surface area contributed by atoms with Gasteiger partial charge < -0.3 is 5.32 Å². The zero-order valence-corrected chi connectivity index (χ0v) is 8.21. The molecular formula is C10H20N2. The predicted molar refractivity (Wildman–Crippen MR) is 53.3 cm³/mol. The summed E-state index contributed by atoms with van der Waals surface area (Å²) in [5.41, 5.74) is 0. The third kappa shape index (κ3) is 2.61. The third-order valence-corrected chi connectivity index (χ3v) is 2.48. The average molecular weight is 168 g/mol. The second kappa shape index (κ2) is 4.63. The molecule has 12 heavy (non-hydrogen) atoms. The minimum atomic E-state index is 0.665. The van der Waals surface area contributed by atoms with Crippen molar-refractivity contribution >= 4 is 0 Å². The van der Waals surface area contributed by atoms with E-state index < -0.39 is 0 Å². The SMILES string of the molecule is C=CCN1CCN[C@@H](C(C)C)C1. The van der Waals surface area contributed by atoms with Gasteiger partial charge in [0.1, 0.15) is 0 Å². The Hall–Kier alpha value is -0.340. The molecule has 0 amide bonds. The zero-order chi connectivity index (χ0) is 8.97. The molecule has 0 aliphatic carbocycles. The van der Waals surface area contributed by atoms with Crippen LogP contribution in [0.1, 0.15) is 13.8 Å². The molecule has 0 radical (unpaired) electrons. The number of hydrogen-bond acceptors (Lipinski definition) is 2. The van der Waals surface area contributed by atoms with Gasteiger partial charge in [-0.1, -0.05) is 19.9 Å². The lowest BCUT2D eigenvalue weighted by Gasteiger charge is -2.35. The number of nitrogens with one attached hydrogen (secondary N) is 1. The van der Waals surface area contributed by atoms with Crippen LogP contribution in [0.25, 0.3) is 0 Å². The first kappa shape index (κ1) is 9.75. The van der Waals surface area contributed by atoms with Crippen molar-refractivity contribution in [2.24, 2.45) is 5.92 Å². The molecule has 2 nitrogen and oxygen atoms in total. The summed E-state index contributed by atoms with van der Waals surface area (Å²) in [5.74, 6) is 0.734. The van der Waals surface area contributed by atoms with E-state index >= 15 is 0 Å². The Morgan fingerprint density at radius 1 is 1.67 bits per heavy atom. The third-order valence-electron chi connectivity index (χ3n) is 2.48. The van der Waals surface area contributed by atoms with Crippen LogP contribution in [0, 0.1) is 5.92 Å². The van der Waals surface area contributed by atoms with Crippen molar-refractivity contribution < 1.29 is 0 Å². The highest BCUT2D eigenvalue weighted by Gasteiger charge is 2.20. The topological polar surface area (TPSA) is 15.3 Å². The van der Waals surface area contributed by atoms with Gasteiger partial charge in [0, 0.05) is 32.2 Å². The Bertz CT molecular complexity index is 143. The molecule has 2 heteroatoms. The van der Waals surface area contributed by atoms with Crippen molar-refractivity contribution in [2.45, 2.75) is 19.9 Å². The lowest BCUT2D eigenvalue weighted by Crippen LogP contribution is -2.52. The fourth-order valence-corrected chi connectivity index (χ4v) is 1.64. The van der Waals surface area contributed by atoms with Crippen LogP contribution in [0.5, 0.6) is 0 Å². The standard InChI is InChI=1S/C10H20N2/c1-4-6-12-7-5-11-10(8-12)9(2)3/h4,9-11H,1,5-8H2,2-3H3/t10-/m1/s1. The van der Waals surface area contributed by atoms with Crippen LogP contribution in [0.15, 0.2) is 12.7 Å². The highest BCUT2D eigenvalue weighted by Crippen LogP contribution is 2.07. The van der Waals surface area contributed by atoms with Crippen LogP contribution in [-0.2, 0) is 0 Å². The average Bonchev–Trinajstić information content (AvgIpc) is 2.05. The first-order chi connectivity index (χ1) is 5.74. The largest absolute Gasteiger partial charge is 0.311 e. The van der Waals surface area contributed by atoms with Gasteiger partial charge in [-0.2, -0.15) is 0 Å². The maximum absolute atomic E-state index is 3.76. The first-order valence-corrected chi connectivity index (χ1v) is 4.80. The molecule has 1 N–H and O–H groups in total. The van der Waals surface area contributed by atoms with Crippen LogP contribution in [0.4, 0.5) is 0 Å². The Morgan fingerprint density at radius 2 is 2.42 bits per heavy atom. The van der Waals surface area contributed by atoms with Gasteiger partial charge in [-0.15, -0.1) is 6.58 Å². The van der Waals surface area contributed by atoms with Crippen molar-refractivity contribution in [1.82, 2.24) is 10.2 Å². The molecule has 0 saturated carbocycles. The molecule has 0 aromatic heterocycles. The molecule has 1 rings (SSSR count). The minimum absolute atomic E-state index is 0.665. The van der Waals surface area contributed by atoms with Crippen molar-refractivity contribution in [1.29, 1.82) is 0 Å². The lowest BCUT2D eigenvalue weighted by atomic mass is 10.0. The van der Waals surface area contributed by atoms with Crippen molar-refractivity contribution in [2.75, 3.05) is 26.2 Å². The molecule has 0 aromatic rings. The fourth-order valence-electron chi connectivity index (χ4n) is 1.64. The van der Waals surface area contributed by atoms with Crippen LogP contribution in [-0.4, -0.2) is 37.1 Å². The molecule has 0 aromatic carbocycles. The smallest absolute Gasteiger partial charge is 0.0218 e. The maximum Gasteiger partial charge on any atom is 0.0218 e. The van der Waals surface area contributed by atoms with Crippen LogP contribution < -0.4 is 5.32 Å². The predicted octanol–water partition coefficient (Wildman–Crippen LogP) is 1.10. The summed E-state index contributed by atoms with van der Waals surface area (Å²) in [5, 5.41) is 3.53. The van der Waals surface area contributed by atoms with Gasteiger partial charge >= 0.3 is 0 Å². The van der Waals surface area contributed by atoms with Gasteiger partial charge in [-0.05, 0) is 5.92 Å². The highest BCUT2D eigenvalue weighted by molar-refractivity contribution is 4.84. The van der Waals surface area contributed by atoms with E-state index in [0.29, 0.717) is 6.04 Å². The maximum atomic E-state index is 3.76. The molecule has 0 spiro atoms. The van der Waals surface area contributed by atoms with Gasteiger partial charge in [0.15, 0.2) is 0 Å². The van der Waals surface area contributed by atoms with Gasteiger partial charge in [-0.3, -0.25) is 4.90 Å². The summed E-state index contributed by atoms with van der Waals surface area (Å²) < 4.78 is 0. The Kier molecular flexibility index (Phi) is 3.76. The van der Waals surface area contributed by atoms with E-state index in [1.54, 1.807) is 0 Å². The molecule has 0 bridgehead atoms. The zero-order valence-electron chi connectivity index (χ0n) is 8.21. The molecule has 1 saturated heterocycles. The van der Waals surface area contributed by atoms with Gasteiger partial charge in [0.05, 0.1) is 0 Å². The minimum Gasteiger partial charge on any atom is -0.311 e. The second-order valence-corrected chi connectivity index (χ2v) is 3.85. The molecule has 1 fully saturated rings. The van der Waals surface area contributed by atoms with Crippen molar-refractivity contribution in [3.05, 3.63) is 12.7 Å². The summed E-state index contributed by atoms with van der Waals surface area (Å²) in [6.45, 7) is 12.8. The molecule has 0 unspecified atom stereocenters. The van der Waals surface area contributed by atoms with Crippen LogP contribution >= 0.6 is 0 Å². The van der Waals surface area contributed by atoms with Gasteiger partial charge in [0.2, 0.25) is 0 Å². The molecule has 1 aliphatic rings. The summed E-state index contributed by atoms with van der Waals surface area (Å²) >= 11 is 0. The summed E-state index contributed by atoms with van der Waals surface area (Å²) in [7, 11) is 0. The summed E-state index contributed by atoms with van der Waals surface area (Å²) in [4.78, 5) is 2.45. The van der Waals surface area contributed by atoms with E-state index in [-0.39, 0.29) is 0 Å². The van der Waals surface area contributed by atoms with E-state index in [4.69, 9.17) is 0 Å². The number of piperazine rings is 1. The van der Waals surface area contributed by atoms with E-state index in [1.807, 2.05) is 6.08 Å². The quantitative estimate of drug-likeness (QED) is 0.635. The summed E-state index contributed by atoms with van der Waals surface area (Å²) in [6, 6.07) is 0.665.